The number of nitrogens with zero attached hydrogens (tertiary/aromatic N) is 1. The number of nitrogens with one attached hydrogen (secondary N) is 1. The summed E-state index contributed by atoms with van der Waals surface area (Å²) in [6, 6.07) is 7.47. The van der Waals surface area contributed by atoms with Crippen molar-refractivity contribution in [3.63, 3.8) is 0 Å². The van der Waals surface area contributed by atoms with E-state index in [2.05, 4.69) is 49.4 Å². The van der Waals surface area contributed by atoms with Gasteiger partial charge in [-0.05, 0) is 37.0 Å². The van der Waals surface area contributed by atoms with Crippen LogP contribution in [0.1, 0.15) is 30.4 Å². The lowest BCUT2D eigenvalue weighted by Crippen LogP contribution is -2.34. The molecular formula is C14H22N2. The topological polar surface area (TPSA) is 15.3 Å². The second kappa shape index (κ2) is 4.88. The highest BCUT2D eigenvalue weighted by molar-refractivity contribution is 5.54. The molecule has 0 aromatic heterocycles. The fourth-order valence-electron chi connectivity index (χ4n) is 2.11. The Bertz CT molecular complexity index is 354. The minimum atomic E-state index is 0.760. The third-order valence-electron chi connectivity index (χ3n) is 3.41. The van der Waals surface area contributed by atoms with Crippen molar-refractivity contribution in [3.05, 3.63) is 29.3 Å². The molecule has 0 heterocycles. The summed E-state index contributed by atoms with van der Waals surface area (Å²) in [6.45, 7) is 3.15. The minimum absolute atomic E-state index is 0.760. The van der Waals surface area contributed by atoms with Crippen LogP contribution in [0.4, 0.5) is 5.69 Å². The minimum Gasteiger partial charge on any atom is -0.377 e. The van der Waals surface area contributed by atoms with Crippen LogP contribution < -0.4 is 10.2 Å². The van der Waals surface area contributed by atoms with Crippen molar-refractivity contribution in [1.29, 1.82) is 0 Å². The summed E-state index contributed by atoms with van der Waals surface area (Å²) in [7, 11) is 4.23. The number of benzene rings is 1. The average molecular weight is 218 g/mol. The van der Waals surface area contributed by atoms with E-state index in [1.54, 1.807) is 0 Å². The van der Waals surface area contributed by atoms with E-state index >= 15 is 0 Å². The molecule has 0 bridgehead atoms. The predicted molar refractivity (Wildman–Crippen MR) is 70.0 cm³/mol. The SMILES string of the molecule is Cc1ccc(CNC2CCC2)c(N(C)C)c1. The summed E-state index contributed by atoms with van der Waals surface area (Å²) in [5.74, 6) is 0. The summed E-state index contributed by atoms with van der Waals surface area (Å²) in [5.41, 5.74) is 4.07. The number of anilines is 1. The summed E-state index contributed by atoms with van der Waals surface area (Å²) in [4.78, 5) is 2.20. The molecule has 1 fully saturated rings. The highest BCUT2D eigenvalue weighted by atomic mass is 15.1. The lowest BCUT2D eigenvalue weighted by molar-refractivity contribution is 0.338. The highest BCUT2D eigenvalue weighted by Gasteiger charge is 2.16. The molecule has 1 aliphatic rings. The predicted octanol–water partition coefficient (Wildman–Crippen LogP) is 2.70. The fraction of sp³-hybridized carbons (Fsp3) is 0.571. The molecule has 88 valence electrons. The van der Waals surface area contributed by atoms with Crippen LogP contribution in [0, 0.1) is 6.92 Å². The van der Waals surface area contributed by atoms with Crippen molar-refractivity contribution < 1.29 is 0 Å². The molecule has 1 saturated carbocycles. The molecule has 2 rings (SSSR count). The van der Waals surface area contributed by atoms with E-state index in [0.29, 0.717) is 0 Å². The van der Waals surface area contributed by atoms with Gasteiger partial charge in [-0.25, -0.2) is 0 Å². The van der Waals surface area contributed by atoms with E-state index < -0.39 is 0 Å². The molecule has 2 heteroatoms. The number of hydrogen-bond donors (Lipinski definition) is 1. The first-order valence-electron chi connectivity index (χ1n) is 6.17. The van der Waals surface area contributed by atoms with Crippen molar-refractivity contribution >= 4 is 5.69 Å². The zero-order valence-electron chi connectivity index (χ0n) is 10.6. The third kappa shape index (κ3) is 2.56. The second-order valence-electron chi connectivity index (χ2n) is 5.04. The Balaban J connectivity index is 2.05. The molecule has 0 radical (unpaired) electrons. The van der Waals surface area contributed by atoms with Gasteiger partial charge in [0.25, 0.3) is 0 Å². The fourth-order valence-corrected chi connectivity index (χ4v) is 2.11. The molecular weight excluding hydrogens is 196 g/mol. The van der Waals surface area contributed by atoms with Crippen LogP contribution in [0.5, 0.6) is 0 Å². The van der Waals surface area contributed by atoms with E-state index in [1.807, 2.05) is 0 Å². The molecule has 2 nitrogen and oxygen atoms in total. The van der Waals surface area contributed by atoms with Gasteiger partial charge in [-0.3, -0.25) is 0 Å². The van der Waals surface area contributed by atoms with Gasteiger partial charge in [-0.15, -0.1) is 0 Å². The first kappa shape index (κ1) is 11.5. The van der Waals surface area contributed by atoms with Crippen molar-refractivity contribution in [2.24, 2.45) is 0 Å². The quantitative estimate of drug-likeness (QED) is 0.836. The molecule has 0 aliphatic heterocycles. The van der Waals surface area contributed by atoms with Crippen LogP contribution in [0.2, 0.25) is 0 Å². The van der Waals surface area contributed by atoms with Gasteiger partial charge in [-0.1, -0.05) is 18.6 Å². The second-order valence-corrected chi connectivity index (χ2v) is 5.04. The number of aryl methyl sites for hydroxylation is 1. The lowest BCUT2D eigenvalue weighted by Gasteiger charge is -2.27. The van der Waals surface area contributed by atoms with E-state index in [9.17, 15) is 0 Å². The Morgan fingerprint density at radius 1 is 1.31 bits per heavy atom. The number of hydrogen-bond acceptors (Lipinski definition) is 2. The summed E-state index contributed by atoms with van der Waals surface area (Å²) >= 11 is 0. The largest absolute Gasteiger partial charge is 0.377 e. The zero-order chi connectivity index (χ0) is 11.5. The van der Waals surface area contributed by atoms with Crippen molar-refractivity contribution in [3.8, 4) is 0 Å². The van der Waals surface area contributed by atoms with Crippen molar-refractivity contribution in [1.82, 2.24) is 5.32 Å². The van der Waals surface area contributed by atoms with Gasteiger partial charge < -0.3 is 10.2 Å². The van der Waals surface area contributed by atoms with E-state index in [0.717, 1.165) is 12.6 Å². The number of rotatable bonds is 4. The monoisotopic (exact) mass is 218 g/mol. The van der Waals surface area contributed by atoms with Crippen LogP contribution in [-0.2, 0) is 6.54 Å². The molecule has 0 atom stereocenters. The van der Waals surface area contributed by atoms with E-state index in [1.165, 1.54) is 36.1 Å². The van der Waals surface area contributed by atoms with Gasteiger partial charge in [0, 0.05) is 32.4 Å². The first-order valence-corrected chi connectivity index (χ1v) is 6.17. The van der Waals surface area contributed by atoms with Crippen LogP contribution >= 0.6 is 0 Å². The molecule has 1 N–H and O–H groups in total. The van der Waals surface area contributed by atoms with Crippen molar-refractivity contribution in [2.75, 3.05) is 19.0 Å². The first-order chi connectivity index (χ1) is 7.66. The Morgan fingerprint density at radius 2 is 2.06 bits per heavy atom. The van der Waals surface area contributed by atoms with Crippen molar-refractivity contribution in [2.45, 2.75) is 38.8 Å². The van der Waals surface area contributed by atoms with Gasteiger partial charge in [-0.2, -0.15) is 0 Å². The van der Waals surface area contributed by atoms with Crippen LogP contribution in [-0.4, -0.2) is 20.1 Å². The molecule has 0 unspecified atom stereocenters. The average Bonchev–Trinajstić information content (AvgIpc) is 2.17. The van der Waals surface area contributed by atoms with Gasteiger partial charge in [0.15, 0.2) is 0 Å². The highest BCUT2D eigenvalue weighted by Crippen LogP contribution is 2.22. The smallest absolute Gasteiger partial charge is 0.0409 e. The van der Waals surface area contributed by atoms with Crippen LogP contribution in [0.3, 0.4) is 0 Å². The normalized spacial score (nSPS) is 15.9. The third-order valence-corrected chi connectivity index (χ3v) is 3.41. The molecule has 0 spiro atoms. The molecule has 1 aliphatic carbocycles. The van der Waals surface area contributed by atoms with Crippen LogP contribution in [0.15, 0.2) is 18.2 Å². The van der Waals surface area contributed by atoms with E-state index in [-0.39, 0.29) is 0 Å². The van der Waals surface area contributed by atoms with Gasteiger partial charge in [0.2, 0.25) is 0 Å². The summed E-state index contributed by atoms with van der Waals surface area (Å²) in [5, 5.41) is 3.62. The maximum absolute atomic E-state index is 3.62. The van der Waals surface area contributed by atoms with E-state index in [4.69, 9.17) is 0 Å². The Kier molecular flexibility index (Phi) is 3.49. The van der Waals surface area contributed by atoms with Gasteiger partial charge in [0.05, 0.1) is 0 Å². The maximum Gasteiger partial charge on any atom is 0.0409 e. The molecule has 0 amide bonds. The molecule has 0 saturated heterocycles. The van der Waals surface area contributed by atoms with Gasteiger partial charge in [0.1, 0.15) is 0 Å². The van der Waals surface area contributed by atoms with Crippen LogP contribution in [0.25, 0.3) is 0 Å². The Hall–Kier alpha value is -1.02. The Morgan fingerprint density at radius 3 is 2.62 bits per heavy atom. The molecule has 16 heavy (non-hydrogen) atoms. The zero-order valence-corrected chi connectivity index (χ0v) is 10.6. The Labute approximate surface area is 98.7 Å². The maximum atomic E-state index is 3.62. The van der Waals surface area contributed by atoms with Gasteiger partial charge >= 0.3 is 0 Å². The summed E-state index contributed by atoms with van der Waals surface area (Å²) in [6.07, 6.45) is 4.10. The summed E-state index contributed by atoms with van der Waals surface area (Å²) < 4.78 is 0. The molecule has 1 aromatic rings. The molecule has 1 aromatic carbocycles. The standard InChI is InChI=1S/C14H22N2/c1-11-7-8-12(14(9-11)16(2)3)10-15-13-5-4-6-13/h7-9,13,15H,4-6,10H2,1-3H3. The lowest BCUT2D eigenvalue weighted by atomic mass is 9.93.